The predicted octanol–water partition coefficient (Wildman–Crippen LogP) is 4.08. The Morgan fingerprint density at radius 2 is 1.87 bits per heavy atom. The standard InChI is InChI=1S/C24H22N4O2S/c1-2-31(30)24-22-25-14-21(28(22)15-20(27-24)16-6-4-3-5-7-16)17-8-10-18(11-9-17)23(29)26-19-12-13-19/h3-11,14-15,19H,2,12-13H2,1H3,(H,26,29). The number of hydrogen-bond donors (Lipinski definition) is 1. The molecule has 6 nitrogen and oxygen atoms in total. The van der Waals surface area contributed by atoms with Crippen molar-refractivity contribution in [1.29, 1.82) is 0 Å². The summed E-state index contributed by atoms with van der Waals surface area (Å²) in [7, 11) is 0. The van der Waals surface area contributed by atoms with E-state index in [9.17, 15) is 9.35 Å². The maximum Gasteiger partial charge on any atom is 0.288 e. The van der Waals surface area contributed by atoms with E-state index in [2.05, 4.69) is 15.3 Å². The number of rotatable bonds is 6. The number of nitrogens with zero attached hydrogens (tertiary/aromatic N) is 3. The van der Waals surface area contributed by atoms with Crippen molar-refractivity contribution < 1.29 is 9.35 Å². The first-order chi connectivity index (χ1) is 15.1. The van der Waals surface area contributed by atoms with Crippen LogP contribution < -0.4 is 5.32 Å². The summed E-state index contributed by atoms with van der Waals surface area (Å²) in [6.07, 6.45) is 5.81. The normalized spacial score (nSPS) is 14.5. The second-order valence-corrected chi connectivity index (χ2v) is 9.25. The number of imidazole rings is 1. The minimum atomic E-state index is -1.25. The van der Waals surface area contributed by atoms with Crippen LogP contribution in [0.2, 0.25) is 0 Å². The second kappa shape index (κ2) is 8.17. The molecule has 1 aliphatic carbocycles. The lowest BCUT2D eigenvalue weighted by Gasteiger charge is -2.11. The summed E-state index contributed by atoms with van der Waals surface area (Å²) < 4.78 is 14.7. The Hall–Kier alpha value is -3.16. The van der Waals surface area contributed by atoms with Crippen molar-refractivity contribution in [3.05, 3.63) is 72.6 Å². The molecule has 1 unspecified atom stereocenters. The lowest BCUT2D eigenvalue weighted by molar-refractivity contribution is 0.0951. The third-order valence-corrected chi connectivity index (χ3v) is 6.59. The number of carbonyl (C=O) groups is 1. The Balaban J connectivity index is 1.58. The largest absolute Gasteiger partial charge is 0.610 e. The number of hydrogen-bond acceptors (Lipinski definition) is 4. The highest BCUT2D eigenvalue weighted by Crippen LogP contribution is 2.28. The van der Waals surface area contributed by atoms with Crippen LogP contribution in [-0.4, -0.2) is 36.6 Å². The summed E-state index contributed by atoms with van der Waals surface area (Å²) in [4.78, 5) is 21.5. The monoisotopic (exact) mass is 430 g/mol. The molecule has 1 aliphatic rings. The minimum Gasteiger partial charge on any atom is -0.610 e. The van der Waals surface area contributed by atoms with Crippen molar-refractivity contribution in [1.82, 2.24) is 19.7 Å². The number of aromatic nitrogens is 3. The molecule has 0 saturated heterocycles. The van der Waals surface area contributed by atoms with Crippen LogP contribution in [0.5, 0.6) is 0 Å². The fraction of sp³-hybridized carbons (Fsp3) is 0.208. The molecule has 4 aromatic rings. The number of carbonyl (C=O) groups excluding carboxylic acids is 1. The Labute approximate surface area is 183 Å². The van der Waals surface area contributed by atoms with E-state index in [4.69, 9.17) is 0 Å². The van der Waals surface area contributed by atoms with Gasteiger partial charge < -0.3 is 9.87 Å². The highest BCUT2D eigenvalue weighted by atomic mass is 32.2. The van der Waals surface area contributed by atoms with Crippen molar-refractivity contribution in [2.24, 2.45) is 0 Å². The zero-order valence-electron chi connectivity index (χ0n) is 17.1. The third kappa shape index (κ3) is 3.94. The van der Waals surface area contributed by atoms with Crippen molar-refractivity contribution in [2.45, 2.75) is 30.8 Å². The van der Waals surface area contributed by atoms with Crippen LogP contribution in [0.4, 0.5) is 0 Å². The van der Waals surface area contributed by atoms with E-state index in [0.29, 0.717) is 28.0 Å². The lowest BCUT2D eigenvalue weighted by Crippen LogP contribution is -2.25. The molecule has 1 fully saturated rings. The molecule has 7 heteroatoms. The van der Waals surface area contributed by atoms with Crippen LogP contribution >= 0.6 is 0 Å². The zero-order chi connectivity index (χ0) is 21.4. The van der Waals surface area contributed by atoms with Crippen LogP contribution in [0.1, 0.15) is 30.1 Å². The molecular weight excluding hydrogens is 408 g/mol. The summed E-state index contributed by atoms with van der Waals surface area (Å²) in [5.74, 6) is 0.428. The highest BCUT2D eigenvalue weighted by Gasteiger charge is 2.24. The molecule has 1 amide bonds. The van der Waals surface area contributed by atoms with Gasteiger partial charge in [-0.3, -0.25) is 9.20 Å². The zero-order valence-corrected chi connectivity index (χ0v) is 17.9. The number of benzene rings is 2. The molecule has 2 aromatic carbocycles. The van der Waals surface area contributed by atoms with Gasteiger partial charge in [0.05, 0.1) is 17.6 Å². The van der Waals surface area contributed by atoms with Gasteiger partial charge in [-0.25, -0.2) is 4.98 Å². The Kier molecular flexibility index (Phi) is 5.21. The third-order valence-electron chi connectivity index (χ3n) is 5.36. The van der Waals surface area contributed by atoms with E-state index >= 15 is 0 Å². The second-order valence-electron chi connectivity index (χ2n) is 7.59. The first-order valence-electron chi connectivity index (χ1n) is 10.4. The molecule has 2 aromatic heterocycles. The van der Waals surface area contributed by atoms with Crippen LogP contribution in [0.15, 0.2) is 72.0 Å². The fourth-order valence-electron chi connectivity index (χ4n) is 3.50. The molecule has 5 rings (SSSR count). The quantitative estimate of drug-likeness (QED) is 0.467. The molecular formula is C24H22N4O2S. The predicted molar refractivity (Wildman–Crippen MR) is 121 cm³/mol. The SMILES string of the molecule is CC[S+]([O-])c1nc(-c2ccccc2)cn2c(-c3ccc(C(=O)NC4CC4)cc3)cnc12. The molecule has 1 saturated carbocycles. The van der Waals surface area contributed by atoms with Crippen molar-refractivity contribution in [3.8, 4) is 22.5 Å². The van der Waals surface area contributed by atoms with Crippen LogP contribution in [0, 0.1) is 0 Å². The summed E-state index contributed by atoms with van der Waals surface area (Å²) in [6.45, 7) is 1.87. The molecule has 2 heterocycles. The molecule has 1 atom stereocenters. The summed E-state index contributed by atoms with van der Waals surface area (Å²) in [6, 6.07) is 17.7. The summed E-state index contributed by atoms with van der Waals surface area (Å²) in [5, 5.41) is 3.49. The van der Waals surface area contributed by atoms with Crippen molar-refractivity contribution >= 4 is 22.7 Å². The molecule has 0 bridgehead atoms. The van der Waals surface area contributed by atoms with Gasteiger partial charge in [0.15, 0.2) is 0 Å². The summed E-state index contributed by atoms with van der Waals surface area (Å²) >= 11 is -1.25. The van der Waals surface area contributed by atoms with Gasteiger partial charge in [0.1, 0.15) is 5.75 Å². The molecule has 0 aliphatic heterocycles. The Morgan fingerprint density at radius 3 is 2.55 bits per heavy atom. The Bertz CT molecular complexity index is 1230. The van der Waals surface area contributed by atoms with Crippen molar-refractivity contribution in [2.75, 3.05) is 5.75 Å². The van der Waals surface area contributed by atoms with Gasteiger partial charge in [-0.05, 0) is 31.9 Å². The average Bonchev–Trinajstić information content (AvgIpc) is 3.53. The van der Waals surface area contributed by atoms with Gasteiger partial charge in [0, 0.05) is 40.1 Å². The average molecular weight is 431 g/mol. The van der Waals surface area contributed by atoms with E-state index in [-0.39, 0.29) is 5.91 Å². The first kappa shape index (κ1) is 19.8. The van der Waals surface area contributed by atoms with Gasteiger partial charge >= 0.3 is 0 Å². The van der Waals surface area contributed by atoms with E-state index in [1.807, 2.05) is 72.1 Å². The molecule has 31 heavy (non-hydrogen) atoms. The van der Waals surface area contributed by atoms with E-state index in [1.165, 1.54) is 0 Å². The van der Waals surface area contributed by atoms with Crippen LogP contribution in [0.25, 0.3) is 28.2 Å². The molecule has 0 radical (unpaired) electrons. The van der Waals surface area contributed by atoms with E-state index in [0.717, 1.165) is 35.4 Å². The first-order valence-corrected chi connectivity index (χ1v) is 11.7. The maximum absolute atomic E-state index is 12.7. The smallest absolute Gasteiger partial charge is 0.288 e. The number of amides is 1. The molecule has 0 spiro atoms. The van der Waals surface area contributed by atoms with Gasteiger partial charge in [0.2, 0.25) is 5.65 Å². The number of fused-ring (bicyclic) bond motifs is 1. The van der Waals surface area contributed by atoms with E-state index < -0.39 is 11.2 Å². The molecule has 156 valence electrons. The maximum atomic E-state index is 12.7. The lowest BCUT2D eigenvalue weighted by atomic mass is 10.1. The number of nitrogens with one attached hydrogen (secondary N) is 1. The van der Waals surface area contributed by atoms with Gasteiger partial charge in [-0.15, -0.1) is 0 Å². The molecule has 1 N–H and O–H groups in total. The summed E-state index contributed by atoms with van der Waals surface area (Å²) in [5.41, 5.74) is 4.70. The minimum absolute atomic E-state index is 0.0385. The Morgan fingerprint density at radius 1 is 1.13 bits per heavy atom. The van der Waals surface area contributed by atoms with Crippen LogP contribution in [0.3, 0.4) is 0 Å². The van der Waals surface area contributed by atoms with E-state index in [1.54, 1.807) is 6.20 Å². The topological polar surface area (TPSA) is 82.3 Å². The fourth-order valence-corrected chi connectivity index (χ4v) is 4.33. The van der Waals surface area contributed by atoms with Crippen LogP contribution in [-0.2, 0) is 11.2 Å². The van der Waals surface area contributed by atoms with Gasteiger partial charge in [0.25, 0.3) is 10.9 Å². The van der Waals surface area contributed by atoms with Crippen molar-refractivity contribution in [3.63, 3.8) is 0 Å². The van der Waals surface area contributed by atoms with Gasteiger partial charge in [-0.1, -0.05) is 42.5 Å². The highest BCUT2D eigenvalue weighted by molar-refractivity contribution is 7.91. The van der Waals surface area contributed by atoms with Gasteiger partial charge in [-0.2, -0.15) is 4.98 Å².